The summed E-state index contributed by atoms with van der Waals surface area (Å²) in [5.74, 6) is -2.29. The number of benzene rings is 2. The van der Waals surface area contributed by atoms with Crippen LogP contribution < -0.4 is 20.0 Å². The number of hydrogen-bond donors (Lipinski definition) is 1. The van der Waals surface area contributed by atoms with Crippen LogP contribution in [0.15, 0.2) is 46.6 Å². The number of oxime groups is 1. The molecule has 0 bridgehead atoms. The second-order valence-electron chi connectivity index (χ2n) is 13.9. The number of nitrogens with zero attached hydrogens (tertiary/aromatic N) is 8. The number of anilines is 2. The van der Waals surface area contributed by atoms with Gasteiger partial charge in [0.2, 0.25) is 11.3 Å². The van der Waals surface area contributed by atoms with E-state index in [0.29, 0.717) is 42.1 Å². The Hall–Kier alpha value is -5.80. The molecule has 2 aromatic carbocycles. The van der Waals surface area contributed by atoms with Crippen LogP contribution in [0, 0.1) is 18.7 Å². The van der Waals surface area contributed by atoms with Crippen molar-refractivity contribution < 1.29 is 33.5 Å². The van der Waals surface area contributed by atoms with E-state index in [1.165, 1.54) is 25.1 Å². The number of halogens is 1. The minimum atomic E-state index is -1.37. The number of aromatic carboxylic acids is 1. The van der Waals surface area contributed by atoms with Crippen molar-refractivity contribution in [1.82, 2.24) is 24.5 Å². The lowest BCUT2D eigenvalue weighted by atomic mass is 9.92. The molecule has 2 amide bonds. The maximum Gasteiger partial charge on any atom is 0.341 e. The molecule has 1 aliphatic carbocycles. The average Bonchev–Trinajstić information content (AvgIpc) is 3.64. The number of methoxy groups -OCH3 is 1. The normalized spacial score (nSPS) is 20.5. The monoisotopic (exact) mass is 712 g/mol. The summed E-state index contributed by atoms with van der Waals surface area (Å²) in [5.41, 5.74) is 2.43. The number of carbonyl (C=O) groups is 3. The smallest absolute Gasteiger partial charge is 0.341 e. The van der Waals surface area contributed by atoms with Crippen molar-refractivity contribution >= 4 is 45.8 Å². The first-order valence-corrected chi connectivity index (χ1v) is 17.2. The Labute approximate surface area is 296 Å². The van der Waals surface area contributed by atoms with Gasteiger partial charge in [-0.25, -0.2) is 13.9 Å². The van der Waals surface area contributed by atoms with Crippen molar-refractivity contribution in [2.45, 2.75) is 57.8 Å². The average molecular weight is 713 g/mol. The minimum Gasteiger partial charge on any atom is -0.492 e. The lowest BCUT2D eigenvalue weighted by Gasteiger charge is -2.36. The SMILES string of the molecule is CO/N=C1/C(=O)N(Cc2cn(CC(=O)N3CCC[C@@H]4CN(c5c(F)cc6c(=O)c(C(=O)O)cn(C7CC7)c6c5OC)C[C@@H]43)nn2)c2ccc(C)cc21. The number of carbonyl (C=O) groups excluding carboxylic acids is 2. The van der Waals surface area contributed by atoms with Crippen LogP contribution >= 0.6 is 0 Å². The molecule has 8 rings (SSSR count). The number of hydrogen-bond acceptors (Lipinski definition) is 10. The van der Waals surface area contributed by atoms with Crippen LogP contribution in [0.25, 0.3) is 10.9 Å². The van der Waals surface area contributed by atoms with E-state index in [2.05, 4.69) is 15.5 Å². The van der Waals surface area contributed by atoms with Crippen molar-refractivity contribution in [3.05, 3.63) is 75.1 Å². The molecular weight excluding hydrogens is 675 g/mol. The van der Waals surface area contributed by atoms with Gasteiger partial charge in [-0.15, -0.1) is 5.10 Å². The highest BCUT2D eigenvalue weighted by Crippen LogP contribution is 2.45. The Balaban J connectivity index is 1.02. The first-order chi connectivity index (χ1) is 25.1. The van der Waals surface area contributed by atoms with E-state index in [-0.39, 0.29) is 65.4 Å². The molecule has 5 heterocycles. The van der Waals surface area contributed by atoms with Gasteiger partial charge in [0.1, 0.15) is 30.6 Å². The van der Waals surface area contributed by atoms with Crippen LogP contribution in [0.3, 0.4) is 0 Å². The van der Waals surface area contributed by atoms with Crippen LogP contribution in [0.5, 0.6) is 5.75 Å². The van der Waals surface area contributed by atoms with E-state index in [0.717, 1.165) is 37.3 Å². The molecule has 3 fully saturated rings. The Kier molecular flexibility index (Phi) is 8.18. The third kappa shape index (κ3) is 5.52. The molecule has 4 aromatic rings. The third-order valence-electron chi connectivity index (χ3n) is 10.5. The van der Waals surface area contributed by atoms with Crippen molar-refractivity contribution in [3.63, 3.8) is 0 Å². The van der Waals surface area contributed by atoms with Gasteiger partial charge in [-0.2, -0.15) is 0 Å². The summed E-state index contributed by atoms with van der Waals surface area (Å²) in [4.78, 5) is 62.3. The summed E-state index contributed by atoms with van der Waals surface area (Å²) in [6, 6.07) is 6.54. The number of piperidine rings is 1. The third-order valence-corrected chi connectivity index (χ3v) is 10.5. The van der Waals surface area contributed by atoms with Crippen molar-refractivity contribution in [2.75, 3.05) is 43.7 Å². The number of ether oxygens (including phenoxy) is 1. The van der Waals surface area contributed by atoms with Crippen LogP contribution in [-0.2, 0) is 27.5 Å². The zero-order chi connectivity index (χ0) is 36.4. The maximum absolute atomic E-state index is 16.1. The molecule has 270 valence electrons. The first kappa shape index (κ1) is 33.3. The first-order valence-electron chi connectivity index (χ1n) is 17.2. The van der Waals surface area contributed by atoms with Crippen molar-refractivity contribution in [2.24, 2.45) is 11.1 Å². The Morgan fingerprint density at radius 1 is 1.10 bits per heavy atom. The molecule has 15 nitrogen and oxygen atoms in total. The Morgan fingerprint density at radius 3 is 2.63 bits per heavy atom. The molecule has 52 heavy (non-hydrogen) atoms. The largest absolute Gasteiger partial charge is 0.492 e. The van der Waals surface area contributed by atoms with E-state index in [1.54, 1.807) is 15.7 Å². The Bertz CT molecular complexity index is 2250. The summed E-state index contributed by atoms with van der Waals surface area (Å²) in [6.07, 6.45) is 6.23. The molecule has 2 aromatic heterocycles. The summed E-state index contributed by atoms with van der Waals surface area (Å²) in [6.45, 7) is 3.34. The van der Waals surface area contributed by atoms with Crippen LogP contribution in [-0.4, -0.2) is 93.0 Å². The van der Waals surface area contributed by atoms with Gasteiger partial charge in [0.15, 0.2) is 17.3 Å². The second kappa shape index (κ2) is 12.8. The van der Waals surface area contributed by atoms with E-state index in [9.17, 15) is 24.3 Å². The van der Waals surface area contributed by atoms with E-state index < -0.39 is 22.8 Å². The van der Waals surface area contributed by atoms with Crippen molar-refractivity contribution in [3.8, 4) is 5.75 Å². The zero-order valence-electron chi connectivity index (χ0n) is 28.9. The highest BCUT2D eigenvalue weighted by atomic mass is 19.1. The molecule has 0 unspecified atom stereocenters. The molecule has 3 aliphatic heterocycles. The summed E-state index contributed by atoms with van der Waals surface area (Å²) in [7, 11) is 2.81. The lowest BCUT2D eigenvalue weighted by Crippen LogP contribution is -2.49. The van der Waals surface area contributed by atoms with E-state index in [1.807, 2.05) is 34.9 Å². The number of aryl methyl sites for hydroxylation is 1. The summed E-state index contributed by atoms with van der Waals surface area (Å²) >= 11 is 0. The number of carboxylic acids is 1. The molecule has 0 radical (unpaired) electrons. The van der Waals surface area contributed by atoms with E-state index >= 15 is 4.39 Å². The fraction of sp³-hybridized carbons (Fsp3) is 0.417. The summed E-state index contributed by atoms with van der Waals surface area (Å²) in [5, 5.41) is 22.0. The van der Waals surface area contributed by atoms with Crippen molar-refractivity contribution in [1.29, 1.82) is 0 Å². The highest BCUT2D eigenvalue weighted by Gasteiger charge is 2.43. The lowest BCUT2D eigenvalue weighted by molar-refractivity contribution is -0.136. The van der Waals surface area contributed by atoms with Gasteiger partial charge in [-0.1, -0.05) is 22.0 Å². The summed E-state index contributed by atoms with van der Waals surface area (Å²) < 4.78 is 25.1. The van der Waals surface area contributed by atoms with Gasteiger partial charge in [0, 0.05) is 37.4 Å². The van der Waals surface area contributed by atoms with E-state index in [4.69, 9.17) is 9.57 Å². The number of carboxylic acid groups (broad SMARTS) is 1. The Morgan fingerprint density at radius 2 is 1.90 bits per heavy atom. The molecule has 1 saturated carbocycles. The number of aromatic nitrogens is 4. The standard InChI is InChI=1S/C36H37FN8O7/c1-19-6-9-27-23(11-19)30(39-52-3)35(48)45(27)15-21-14-42(40-38-21)18-29(46)43-10-4-5-20-13-41(17-28(20)43)32-26(37)12-24-31(34(32)51-2)44(22-7-8-22)16-25(33(24)47)36(49)50/h6,9,11-12,14,16,20,22,28H,4-5,7-8,10,13,15,17-18H2,1-3H3,(H,49,50)/b39-30+/t20-,28+/m1/s1. The predicted octanol–water partition coefficient (Wildman–Crippen LogP) is 3.11. The molecule has 1 N–H and O–H groups in total. The molecule has 4 aliphatic rings. The number of amides is 2. The van der Waals surface area contributed by atoms with Gasteiger partial charge in [0.25, 0.3) is 5.91 Å². The van der Waals surface area contributed by atoms with Crippen LogP contribution in [0.1, 0.15) is 58.9 Å². The number of pyridine rings is 1. The minimum absolute atomic E-state index is 0.0159. The van der Waals surface area contributed by atoms with Gasteiger partial charge in [-0.3, -0.25) is 14.4 Å². The number of likely N-dealkylation sites (tertiary alicyclic amines) is 1. The van der Waals surface area contributed by atoms with Gasteiger partial charge >= 0.3 is 5.97 Å². The van der Waals surface area contributed by atoms with Gasteiger partial charge in [0.05, 0.1) is 42.5 Å². The fourth-order valence-corrected chi connectivity index (χ4v) is 8.04. The molecule has 2 atom stereocenters. The highest BCUT2D eigenvalue weighted by molar-refractivity contribution is 6.54. The quantitative estimate of drug-likeness (QED) is 0.255. The number of fused-ring (bicyclic) bond motifs is 3. The van der Waals surface area contributed by atoms with Crippen LogP contribution in [0.4, 0.5) is 15.8 Å². The van der Waals surface area contributed by atoms with Gasteiger partial charge < -0.3 is 33.9 Å². The molecule has 2 saturated heterocycles. The molecule has 16 heteroatoms. The maximum atomic E-state index is 16.1. The molecule has 0 spiro atoms. The second-order valence-corrected chi connectivity index (χ2v) is 13.9. The topological polar surface area (TPSA) is 165 Å². The fourth-order valence-electron chi connectivity index (χ4n) is 8.04. The number of rotatable bonds is 9. The zero-order valence-corrected chi connectivity index (χ0v) is 28.9. The molecular formula is C36H37FN8O7. The predicted molar refractivity (Wildman–Crippen MR) is 186 cm³/mol. The van der Waals surface area contributed by atoms with Gasteiger partial charge in [-0.05, 0) is 56.7 Å². The van der Waals surface area contributed by atoms with Crippen LogP contribution in [0.2, 0.25) is 0 Å².